The van der Waals surface area contributed by atoms with Gasteiger partial charge in [0.15, 0.2) is 0 Å². The van der Waals surface area contributed by atoms with Crippen molar-refractivity contribution in [2.24, 2.45) is 0 Å². The third-order valence-corrected chi connectivity index (χ3v) is 4.04. The second-order valence-electron chi connectivity index (χ2n) is 5.81. The Hall–Kier alpha value is -3.55. The lowest BCUT2D eigenvalue weighted by atomic mass is 10.2. The van der Waals surface area contributed by atoms with Gasteiger partial charge >= 0.3 is 0 Å². The molecule has 0 fully saturated rings. The number of aromatic amines is 1. The van der Waals surface area contributed by atoms with Crippen LogP contribution in [0, 0.1) is 5.82 Å². The Morgan fingerprint density at radius 2 is 2.12 bits per heavy atom. The van der Waals surface area contributed by atoms with Crippen LogP contribution in [0.2, 0.25) is 0 Å². The maximum atomic E-state index is 13.4. The Morgan fingerprint density at radius 3 is 2.92 bits per heavy atom. The highest BCUT2D eigenvalue weighted by Crippen LogP contribution is 2.21. The van der Waals surface area contributed by atoms with Crippen LogP contribution in [0.15, 0.2) is 53.7 Å². The molecule has 0 atom stereocenters. The summed E-state index contributed by atoms with van der Waals surface area (Å²) < 4.78 is 14.6. The summed E-state index contributed by atoms with van der Waals surface area (Å²) in [6.07, 6.45) is 2.94. The Bertz CT molecular complexity index is 1170. The second kappa shape index (κ2) is 6.40. The van der Waals surface area contributed by atoms with E-state index in [9.17, 15) is 14.0 Å². The molecule has 8 heteroatoms. The minimum absolute atomic E-state index is 0.168. The highest BCUT2D eigenvalue weighted by atomic mass is 19.1. The SMILES string of the molecule is O=C(Cn1cnc2c([nH]c3ccc(F)cc32)c1=O)NCc1ccccn1. The van der Waals surface area contributed by atoms with Gasteiger partial charge < -0.3 is 10.3 Å². The number of hydrogen-bond acceptors (Lipinski definition) is 4. The number of nitrogens with one attached hydrogen (secondary N) is 2. The monoisotopic (exact) mass is 351 g/mol. The zero-order valence-electron chi connectivity index (χ0n) is 13.6. The quantitative estimate of drug-likeness (QED) is 0.586. The van der Waals surface area contributed by atoms with Gasteiger partial charge in [-0.05, 0) is 30.3 Å². The number of carbonyl (C=O) groups excluding carboxylic acids is 1. The summed E-state index contributed by atoms with van der Waals surface area (Å²) in [5.41, 5.74) is 1.57. The highest BCUT2D eigenvalue weighted by Gasteiger charge is 2.13. The fourth-order valence-corrected chi connectivity index (χ4v) is 2.78. The number of fused-ring (bicyclic) bond motifs is 3. The molecule has 0 aliphatic carbocycles. The van der Waals surface area contributed by atoms with Gasteiger partial charge in [-0.15, -0.1) is 0 Å². The average Bonchev–Trinajstić information content (AvgIpc) is 3.02. The maximum Gasteiger partial charge on any atom is 0.278 e. The van der Waals surface area contributed by atoms with Gasteiger partial charge in [0, 0.05) is 17.1 Å². The average molecular weight is 351 g/mol. The molecule has 4 aromatic rings. The Labute approximate surface area is 146 Å². The van der Waals surface area contributed by atoms with Gasteiger partial charge in [-0.2, -0.15) is 0 Å². The first kappa shape index (κ1) is 15.9. The van der Waals surface area contributed by atoms with Crippen LogP contribution in [-0.2, 0) is 17.9 Å². The number of H-pyrrole nitrogens is 1. The van der Waals surface area contributed by atoms with E-state index in [-0.39, 0.29) is 30.1 Å². The number of aromatic nitrogens is 4. The lowest BCUT2D eigenvalue weighted by Gasteiger charge is -2.06. The van der Waals surface area contributed by atoms with E-state index in [1.807, 2.05) is 6.07 Å². The summed E-state index contributed by atoms with van der Waals surface area (Å²) in [7, 11) is 0. The number of nitrogens with zero attached hydrogens (tertiary/aromatic N) is 3. The zero-order chi connectivity index (χ0) is 18.1. The predicted octanol–water partition coefficient (Wildman–Crippen LogP) is 1.73. The standard InChI is InChI=1S/C18H14FN5O2/c19-11-4-5-14-13(7-11)16-17(23-14)18(26)24(10-22-16)9-15(25)21-8-12-3-1-2-6-20-12/h1-7,10,23H,8-9H2,(H,21,25). The molecule has 4 rings (SSSR count). The normalized spacial score (nSPS) is 11.1. The molecular weight excluding hydrogens is 337 g/mol. The van der Waals surface area contributed by atoms with Gasteiger partial charge in [-0.25, -0.2) is 9.37 Å². The smallest absolute Gasteiger partial charge is 0.278 e. The largest absolute Gasteiger partial charge is 0.349 e. The molecule has 0 aliphatic heterocycles. The van der Waals surface area contributed by atoms with E-state index < -0.39 is 5.82 Å². The fourth-order valence-electron chi connectivity index (χ4n) is 2.78. The van der Waals surface area contributed by atoms with Gasteiger partial charge in [0.25, 0.3) is 5.56 Å². The number of halogens is 1. The molecule has 3 aromatic heterocycles. The van der Waals surface area contributed by atoms with Crippen LogP contribution >= 0.6 is 0 Å². The summed E-state index contributed by atoms with van der Waals surface area (Å²) >= 11 is 0. The molecule has 7 nitrogen and oxygen atoms in total. The number of benzene rings is 1. The predicted molar refractivity (Wildman–Crippen MR) is 93.9 cm³/mol. The number of hydrogen-bond donors (Lipinski definition) is 2. The van der Waals surface area contributed by atoms with Crippen LogP contribution in [0.5, 0.6) is 0 Å². The molecule has 2 N–H and O–H groups in total. The lowest BCUT2D eigenvalue weighted by molar-refractivity contribution is -0.121. The van der Waals surface area contributed by atoms with E-state index >= 15 is 0 Å². The van der Waals surface area contributed by atoms with Gasteiger partial charge in [-0.3, -0.25) is 19.1 Å². The van der Waals surface area contributed by atoms with Crippen LogP contribution in [0.25, 0.3) is 21.9 Å². The van der Waals surface area contributed by atoms with Gasteiger partial charge in [0.2, 0.25) is 5.91 Å². The van der Waals surface area contributed by atoms with E-state index in [4.69, 9.17) is 0 Å². The number of pyridine rings is 1. The van der Waals surface area contributed by atoms with E-state index in [2.05, 4.69) is 20.3 Å². The summed E-state index contributed by atoms with van der Waals surface area (Å²) in [6.45, 7) is 0.105. The molecule has 26 heavy (non-hydrogen) atoms. The molecule has 0 saturated carbocycles. The molecule has 1 aromatic carbocycles. The van der Waals surface area contributed by atoms with E-state index in [1.165, 1.54) is 23.0 Å². The summed E-state index contributed by atoms with van der Waals surface area (Å²) in [4.78, 5) is 36.0. The summed E-state index contributed by atoms with van der Waals surface area (Å²) in [6, 6.07) is 9.60. The van der Waals surface area contributed by atoms with Crippen LogP contribution in [-0.4, -0.2) is 25.4 Å². The van der Waals surface area contributed by atoms with Crippen molar-refractivity contribution in [3.05, 3.63) is 70.8 Å². The molecule has 1 amide bonds. The van der Waals surface area contributed by atoms with Crippen molar-refractivity contribution in [3.8, 4) is 0 Å². The van der Waals surface area contributed by atoms with Crippen LogP contribution in [0.1, 0.15) is 5.69 Å². The van der Waals surface area contributed by atoms with Crippen LogP contribution in [0.4, 0.5) is 4.39 Å². The van der Waals surface area contributed by atoms with E-state index in [0.717, 1.165) is 5.69 Å². The Balaban J connectivity index is 1.59. The first-order chi connectivity index (χ1) is 12.6. The van der Waals surface area contributed by atoms with E-state index in [1.54, 1.807) is 24.4 Å². The number of rotatable bonds is 4. The fraction of sp³-hybridized carbons (Fsp3) is 0.111. The van der Waals surface area contributed by atoms with Crippen LogP contribution in [0.3, 0.4) is 0 Å². The number of carbonyl (C=O) groups is 1. The maximum absolute atomic E-state index is 13.4. The van der Waals surface area contributed by atoms with Gasteiger partial charge in [0.05, 0.1) is 18.6 Å². The van der Waals surface area contributed by atoms with Crippen molar-refractivity contribution < 1.29 is 9.18 Å². The third-order valence-electron chi connectivity index (χ3n) is 4.04. The molecule has 0 bridgehead atoms. The molecule has 0 unspecified atom stereocenters. The summed E-state index contributed by atoms with van der Waals surface area (Å²) in [5, 5.41) is 3.24. The van der Waals surface area contributed by atoms with E-state index in [0.29, 0.717) is 16.4 Å². The molecule has 3 heterocycles. The minimum atomic E-state index is -0.404. The molecule has 130 valence electrons. The van der Waals surface area contributed by atoms with Crippen LogP contribution < -0.4 is 10.9 Å². The van der Waals surface area contributed by atoms with Crippen molar-refractivity contribution in [2.45, 2.75) is 13.1 Å². The van der Waals surface area contributed by atoms with Crippen molar-refractivity contribution >= 4 is 27.8 Å². The van der Waals surface area contributed by atoms with Crippen molar-refractivity contribution in [1.29, 1.82) is 0 Å². The van der Waals surface area contributed by atoms with Crippen molar-refractivity contribution in [2.75, 3.05) is 0 Å². The highest BCUT2D eigenvalue weighted by molar-refractivity contribution is 6.04. The first-order valence-electron chi connectivity index (χ1n) is 7.95. The molecular formula is C18H14FN5O2. The first-order valence-corrected chi connectivity index (χ1v) is 7.95. The zero-order valence-corrected chi connectivity index (χ0v) is 13.6. The van der Waals surface area contributed by atoms with Gasteiger partial charge in [0.1, 0.15) is 23.4 Å². The summed E-state index contributed by atoms with van der Waals surface area (Å²) in [5.74, 6) is -0.737. The van der Waals surface area contributed by atoms with Crippen molar-refractivity contribution in [1.82, 2.24) is 24.8 Å². The molecule has 0 aliphatic rings. The molecule has 0 saturated heterocycles. The number of amides is 1. The molecule has 0 spiro atoms. The van der Waals surface area contributed by atoms with Gasteiger partial charge in [-0.1, -0.05) is 6.07 Å². The Kier molecular flexibility index (Phi) is 3.92. The Morgan fingerprint density at radius 1 is 1.23 bits per heavy atom. The topological polar surface area (TPSA) is 92.7 Å². The minimum Gasteiger partial charge on any atom is -0.349 e. The second-order valence-corrected chi connectivity index (χ2v) is 5.81. The van der Waals surface area contributed by atoms with Crippen molar-refractivity contribution in [3.63, 3.8) is 0 Å². The third kappa shape index (κ3) is 2.92. The molecule has 0 radical (unpaired) electrons. The lowest BCUT2D eigenvalue weighted by Crippen LogP contribution is -2.32.